The number of hydrogen-bond donors (Lipinski definition) is 2. The zero-order valence-electron chi connectivity index (χ0n) is 17.1. The first kappa shape index (κ1) is 24.2. The van der Waals surface area contributed by atoms with Crippen LogP contribution in [0.1, 0.15) is 30.5 Å². The van der Waals surface area contributed by atoms with Crippen molar-refractivity contribution < 1.29 is 37.3 Å². The van der Waals surface area contributed by atoms with Crippen molar-refractivity contribution in [1.82, 2.24) is 5.32 Å². The highest BCUT2D eigenvalue weighted by Crippen LogP contribution is 2.29. The molecular formula is C22H24F3NO5. The third-order valence-corrected chi connectivity index (χ3v) is 4.42. The molecule has 1 unspecified atom stereocenters. The molecule has 9 heteroatoms. The molecular weight excluding hydrogens is 415 g/mol. The fraction of sp³-hybridized carbons (Fsp3) is 0.364. The predicted octanol–water partition coefficient (Wildman–Crippen LogP) is 3.82. The van der Waals surface area contributed by atoms with Gasteiger partial charge in [0.2, 0.25) is 0 Å². The Morgan fingerprint density at radius 3 is 2.13 bits per heavy atom. The van der Waals surface area contributed by atoms with Crippen LogP contribution < -0.4 is 10.1 Å². The number of hydrogen-bond acceptors (Lipinski definition) is 4. The third kappa shape index (κ3) is 7.60. The van der Waals surface area contributed by atoms with E-state index in [2.05, 4.69) is 5.32 Å². The van der Waals surface area contributed by atoms with Crippen molar-refractivity contribution in [1.29, 1.82) is 0 Å². The van der Waals surface area contributed by atoms with Crippen molar-refractivity contribution in [3.05, 3.63) is 65.2 Å². The van der Waals surface area contributed by atoms with Crippen LogP contribution in [0, 0.1) is 0 Å². The summed E-state index contributed by atoms with van der Waals surface area (Å²) in [5.74, 6) is -1.05. The lowest BCUT2D eigenvalue weighted by molar-refractivity contribution is -0.150. The standard InChI is InChI=1S/C22H24F3NO5/c1-3-30-19(21(28)29)12-15-6-10-18(11-7-15)31-14(2)20(27)26-13-16-4-8-17(9-5-16)22(23,24)25/h4-11,14,19H,3,12-13H2,1-2H3,(H,26,27)(H,28,29)/t14?,19-/m1/s1. The van der Waals surface area contributed by atoms with Gasteiger partial charge in [-0.1, -0.05) is 24.3 Å². The zero-order chi connectivity index (χ0) is 23.0. The van der Waals surface area contributed by atoms with E-state index in [9.17, 15) is 22.8 Å². The van der Waals surface area contributed by atoms with Crippen LogP contribution >= 0.6 is 0 Å². The largest absolute Gasteiger partial charge is 0.481 e. The first-order valence-corrected chi connectivity index (χ1v) is 9.64. The van der Waals surface area contributed by atoms with Gasteiger partial charge in [-0.15, -0.1) is 0 Å². The van der Waals surface area contributed by atoms with Crippen LogP contribution in [0.3, 0.4) is 0 Å². The van der Waals surface area contributed by atoms with E-state index in [-0.39, 0.29) is 19.6 Å². The molecule has 6 nitrogen and oxygen atoms in total. The van der Waals surface area contributed by atoms with Crippen LogP contribution in [0.4, 0.5) is 13.2 Å². The Morgan fingerprint density at radius 2 is 1.61 bits per heavy atom. The molecule has 0 heterocycles. The maximum Gasteiger partial charge on any atom is 0.416 e. The SMILES string of the molecule is CCO[C@H](Cc1ccc(OC(C)C(=O)NCc2ccc(C(F)(F)F)cc2)cc1)C(=O)O. The minimum Gasteiger partial charge on any atom is -0.481 e. The summed E-state index contributed by atoms with van der Waals surface area (Å²) >= 11 is 0. The van der Waals surface area contributed by atoms with Gasteiger partial charge in [-0.2, -0.15) is 13.2 Å². The van der Waals surface area contributed by atoms with E-state index in [1.165, 1.54) is 12.1 Å². The topological polar surface area (TPSA) is 84.9 Å². The molecule has 2 aromatic carbocycles. The van der Waals surface area contributed by atoms with Crippen LogP contribution in [0.15, 0.2) is 48.5 Å². The van der Waals surface area contributed by atoms with Gasteiger partial charge in [0.25, 0.3) is 5.91 Å². The van der Waals surface area contributed by atoms with Gasteiger partial charge in [-0.3, -0.25) is 4.79 Å². The fourth-order valence-corrected chi connectivity index (χ4v) is 2.74. The number of nitrogens with one attached hydrogen (secondary N) is 1. The maximum absolute atomic E-state index is 12.6. The summed E-state index contributed by atoms with van der Waals surface area (Å²) in [6.07, 6.45) is -5.98. The van der Waals surface area contributed by atoms with Gasteiger partial charge in [0.05, 0.1) is 5.56 Å². The quantitative estimate of drug-likeness (QED) is 0.588. The Hall–Kier alpha value is -3.07. The van der Waals surface area contributed by atoms with Gasteiger partial charge in [0.1, 0.15) is 5.75 Å². The van der Waals surface area contributed by atoms with Crippen LogP contribution in [0.5, 0.6) is 5.75 Å². The molecule has 0 aliphatic rings. The number of carboxylic acid groups (broad SMARTS) is 1. The highest BCUT2D eigenvalue weighted by atomic mass is 19.4. The number of alkyl halides is 3. The summed E-state index contributed by atoms with van der Waals surface area (Å²) in [5.41, 5.74) is 0.520. The van der Waals surface area contributed by atoms with E-state index >= 15 is 0 Å². The van der Waals surface area contributed by atoms with Crippen LogP contribution in [-0.4, -0.2) is 35.8 Å². The molecule has 2 aromatic rings. The van der Waals surface area contributed by atoms with Crippen molar-refractivity contribution in [2.45, 2.75) is 45.2 Å². The lowest BCUT2D eigenvalue weighted by Gasteiger charge is -2.16. The molecule has 0 saturated heterocycles. The van der Waals surface area contributed by atoms with Crippen molar-refractivity contribution in [2.24, 2.45) is 0 Å². The van der Waals surface area contributed by atoms with Crippen LogP contribution in [-0.2, 0) is 33.5 Å². The average Bonchev–Trinajstić information content (AvgIpc) is 2.72. The maximum atomic E-state index is 12.6. The van der Waals surface area contributed by atoms with Gasteiger partial charge in [-0.05, 0) is 49.2 Å². The minimum atomic E-state index is -4.41. The Labute approximate surface area is 178 Å². The lowest BCUT2D eigenvalue weighted by atomic mass is 10.1. The van der Waals surface area contributed by atoms with Gasteiger partial charge in [-0.25, -0.2) is 4.79 Å². The fourth-order valence-electron chi connectivity index (χ4n) is 2.74. The van der Waals surface area contributed by atoms with Crippen molar-refractivity contribution in [2.75, 3.05) is 6.61 Å². The Balaban J connectivity index is 1.86. The molecule has 2 atom stereocenters. The van der Waals surface area contributed by atoms with E-state index in [0.717, 1.165) is 17.7 Å². The third-order valence-electron chi connectivity index (χ3n) is 4.42. The number of amides is 1. The lowest BCUT2D eigenvalue weighted by Crippen LogP contribution is -2.35. The average molecular weight is 439 g/mol. The first-order valence-electron chi connectivity index (χ1n) is 9.64. The van der Waals surface area contributed by atoms with Crippen molar-refractivity contribution in [3.8, 4) is 5.75 Å². The van der Waals surface area contributed by atoms with E-state index < -0.39 is 35.8 Å². The smallest absolute Gasteiger partial charge is 0.416 e. The van der Waals surface area contributed by atoms with Gasteiger partial charge >= 0.3 is 12.1 Å². The van der Waals surface area contributed by atoms with Crippen LogP contribution in [0.25, 0.3) is 0 Å². The summed E-state index contributed by atoms with van der Waals surface area (Å²) in [5, 5.41) is 11.8. The van der Waals surface area contributed by atoms with Gasteiger partial charge in [0.15, 0.2) is 12.2 Å². The Morgan fingerprint density at radius 1 is 1.03 bits per heavy atom. The first-order chi connectivity index (χ1) is 14.6. The molecule has 168 valence electrons. The Kier molecular flexibility index (Phi) is 8.44. The highest BCUT2D eigenvalue weighted by molar-refractivity contribution is 5.80. The van der Waals surface area contributed by atoms with Crippen molar-refractivity contribution in [3.63, 3.8) is 0 Å². The van der Waals surface area contributed by atoms with E-state index in [1.807, 2.05) is 0 Å². The van der Waals surface area contributed by atoms with E-state index in [4.69, 9.17) is 14.6 Å². The molecule has 0 aliphatic carbocycles. The number of carboxylic acids is 1. The Bertz CT molecular complexity index is 866. The van der Waals surface area contributed by atoms with Crippen molar-refractivity contribution >= 4 is 11.9 Å². The number of rotatable bonds is 10. The molecule has 0 bridgehead atoms. The number of aliphatic carboxylic acids is 1. The number of ether oxygens (including phenoxy) is 2. The molecule has 0 radical (unpaired) electrons. The minimum absolute atomic E-state index is 0.0671. The summed E-state index contributed by atoms with van der Waals surface area (Å²) in [7, 11) is 0. The van der Waals surface area contributed by atoms with Crippen LogP contribution in [0.2, 0.25) is 0 Å². The number of halogens is 3. The molecule has 0 fully saturated rings. The van der Waals surface area contributed by atoms with Gasteiger partial charge < -0.3 is 19.9 Å². The molecule has 0 saturated carbocycles. The number of carbonyl (C=O) groups excluding carboxylic acids is 1. The number of carbonyl (C=O) groups is 2. The van der Waals surface area contributed by atoms with E-state index in [1.54, 1.807) is 38.1 Å². The zero-order valence-corrected chi connectivity index (χ0v) is 17.1. The second kappa shape index (κ2) is 10.8. The summed E-state index contributed by atoms with van der Waals surface area (Å²) in [4.78, 5) is 23.4. The van der Waals surface area contributed by atoms with Gasteiger partial charge in [0, 0.05) is 19.6 Å². The molecule has 0 aromatic heterocycles. The molecule has 31 heavy (non-hydrogen) atoms. The van der Waals surface area contributed by atoms with E-state index in [0.29, 0.717) is 11.3 Å². The summed E-state index contributed by atoms with van der Waals surface area (Å²) in [6.45, 7) is 3.62. The summed E-state index contributed by atoms with van der Waals surface area (Å²) in [6, 6.07) is 11.2. The molecule has 1 amide bonds. The molecule has 2 rings (SSSR count). The second-order valence-corrected chi connectivity index (χ2v) is 6.80. The molecule has 0 spiro atoms. The molecule has 0 aliphatic heterocycles. The number of benzene rings is 2. The normalized spacial score (nSPS) is 13.3. The predicted molar refractivity (Wildman–Crippen MR) is 107 cm³/mol. The second-order valence-electron chi connectivity index (χ2n) is 6.80. The molecule has 2 N–H and O–H groups in total. The monoisotopic (exact) mass is 439 g/mol. The highest BCUT2D eigenvalue weighted by Gasteiger charge is 2.30. The summed E-state index contributed by atoms with van der Waals surface area (Å²) < 4.78 is 48.5.